The van der Waals surface area contributed by atoms with Crippen LogP contribution in [0.15, 0.2) is 24.3 Å². The predicted molar refractivity (Wildman–Crippen MR) is 86.9 cm³/mol. The van der Waals surface area contributed by atoms with Crippen LogP contribution >= 0.6 is 0 Å². The van der Waals surface area contributed by atoms with Gasteiger partial charge in [0.05, 0.1) is 0 Å². The first-order chi connectivity index (χ1) is 10.4. The molecule has 4 nitrogen and oxygen atoms in total. The number of alkyl carbamates (subject to hydrolysis) is 1. The lowest BCUT2D eigenvalue weighted by Gasteiger charge is -2.25. The van der Waals surface area contributed by atoms with E-state index >= 15 is 0 Å². The number of fused-ring (bicyclic) bond motifs is 1. The van der Waals surface area contributed by atoms with Crippen LogP contribution in [0.3, 0.4) is 0 Å². The maximum atomic E-state index is 11.9. The van der Waals surface area contributed by atoms with Crippen LogP contribution in [0.1, 0.15) is 50.8 Å². The molecule has 1 fully saturated rings. The predicted octanol–water partition coefficient (Wildman–Crippen LogP) is 3.27. The fourth-order valence-electron chi connectivity index (χ4n) is 3.58. The smallest absolute Gasteiger partial charge is 0.407 e. The van der Waals surface area contributed by atoms with Gasteiger partial charge in [0.25, 0.3) is 0 Å². The van der Waals surface area contributed by atoms with E-state index in [0.717, 1.165) is 19.5 Å². The molecule has 2 atom stereocenters. The molecule has 1 aliphatic carbocycles. The van der Waals surface area contributed by atoms with Crippen LogP contribution in [0, 0.1) is 0 Å². The molecule has 3 rings (SSSR count). The van der Waals surface area contributed by atoms with Gasteiger partial charge in [-0.2, -0.15) is 0 Å². The standard InChI is InChI=1S/C18H26N2O2/c1-18(2,3)22-17(21)19-14-10-11-20(12-14)16-9-8-13-6-4-5-7-15(13)16/h4-7,14,16H,8-12H2,1-3H3,(H,19,21)/t14-,16-/m0/s1. The van der Waals surface area contributed by atoms with E-state index in [1.54, 1.807) is 0 Å². The Morgan fingerprint density at radius 2 is 2.05 bits per heavy atom. The number of hydrogen-bond donors (Lipinski definition) is 1. The molecule has 1 amide bonds. The summed E-state index contributed by atoms with van der Waals surface area (Å²) in [6.45, 7) is 7.63. The minimum absolute atomic E-state index is 0.197. The third-order valence-electron chi connectivity index (χ3n) is 4.48. The summed E-state index contributed by atoms with van der Waals surface area (Å²) in [7, 11) is 0. The zero-order valence-electron chi connectivity index (χ0n) is 13.8. The first-order valence-corrected chi connectivity index (χ1v) is 8.24. The molecule has 1 heterocycles. The number of rotatable bonds is 2. The first-order valence-electron chi connectivity index (χ1n) is 8.24. The molecule has 0 spiro atoms. The number of nitrogens with zero attached hydrogens (tertiary/aromatic N) is 1. The fraction of sp³-hybridized carbons (Fsp3) is 0.611. The van der Waals surface area contributed by atoms with Crippen LogP contribution in [0.25, 0.3) is 0 Å². The third-order valence-corrected chi connectivity index (χ3v) is 4.48. The Labute approximate surface area is 132 Å². The molecule has 22 heavy (non-hydrogen) atoms. The lowest BCUT2D eigenvalue weighted by atomic mass is 10.1. The number of likely N-dealkylation sites (tertiary alicyclic amines) is 1. The molecule has 4 heteroatoms. The topological polar surface area (TPSA) is 41.6 Å². The minimum atomic E-state index is -0.438. The summed E-state index contributed by atoms with van der Waals surface area (Å²) in [6.07, 6.45) is 3.06. The van der Waals surface area contributed by atoms with Gasteiger partial charge >= 0.3 is 6.09 Å². The number of amides is 1. The third kappa shape index (κ3) is 3.43. The Bertz CT molecular complexity index is 550. The van der Waals surface area contributed by atoms with Crippen molar-refractivity contribution in [3.8, 4) is 0 Å². The molecule has 120 valence electrons. The van der Waals surface area contributed by atoms with Crippen LogP contribution < -0.4 is 5.32 Å². The number of carbonyl (C=O) groups is 1. The van der Waals surface area contributed by atoms with Gasteiger partial charge in [0.15, 0.2) is 0 Å². The highest BCUT2D eigenvalue weighted by Gasteiger charge is 2.33. The summed E-state index contributed by atoms with van der Waals surface area (Å²) in [4.78, 5) is 14.4. The van der Waals surface area contributed by atoms with Crippen LogP contribution in [0.5, 0.6) is 0 Å². The molecular formula is C18H26N2O2. The number of ether oxygens (including phenoxy) is 1. The quantitative estimate of drug-likeness (QED) is 0.911. The van der Waals surface area contributed by atoms with Crippen molar-refractivity contribution in [3.05, 3.63) is 35.4 Å². The van der Waals surface area contributed by atoms with Gasteiger partial charge in [-0.15, -0.1) is 0 Å². The Kier molecular flexibility index (Phi) is 4.13. The highest BCUT2D eigenvalue weighted by atomic mass is 16.6. The molecule has 0 radical (unpaired) electrons. The van der Waals surface area contributed by atoms with Crippen LogP contribution in [-0.2, 0) is 11.2 Å². The van der Waals surface area contributed by atoms with Crippen LogP contribution in [-0.4, -0.2) is 35.7 Å². The normalized spacial score (nSPS) is 25.0. The van der Waals surface area contributed by atoms with Crippen LogP contribution in [0.2, 0.25) is 0 Å². The van der Waals surface area contributed by atoms with Gasteiger partial charge < -0.3 is 10.1 Å². The summed E-state index contributed by atoms with van der Waals surface area (Å²) in [6, 6.07) is 9.45. The Morgan fingerprint density at radius 3 is 2.82 bits per heavy atom. The van der Waals surface area contributed by atoms with Gasteiger partial charge in [0.2, 0.25) is 0 Å². The Morgan fingerprint density at radius 1 is 1.27 bits per heavy atom. The Balaban J connectivity index is 1.56. The first kappa shape index (κ1) is 15.3. The molecule has 0 bridgehead atoms. The summed E-state index contributed by atoms with van der Waals surface area (Å²) in [5.41, 5.74) is 2.52. The molecule has 0 unspecified atom stereocenters. The van der Waals surface area contributed by atoms with Gasteiger partial charge in [-0.1, -0.05) is 24.3 Å². The average molecular weight is 302 g/mol. The summed E-state index contributed by atoms with van der Waals surface area (Å²) in [5.74, 6) is 0. The second kappa shape index (κ2) is 5.92. The second-order valence-electron chi connectivity index (χ2n) is 7.38. The number of aryl methyl sites for hydroxylation is 1. The van der Waals surface area contributed by atoms with E-state index in [1.807, 2.05) is 20.8 Å². The largest absolute Gasteiger partial charge is 0.444 e. The van der Waals surface area contributed by atoms with Crippen molar-refractivity contribution in [3.63, 3.8) is 0 Å². The molecule has 2 aliphatic rings. The van der Waals surface area contributed by atoms with Crippen molar-refractivity contribution >= 4 is 6.09 Å². The van der Waals surface area contributed by atoms with Gasteiger partial charge in [0.1, 0.15) is 5.60 Å². The lowest BCUT2D eigenvalue weighted by Crippen LogP contribution is -2.40. The molecule has 1 saturated heterocycles. The SMILES string of the molecule is CC(C)(C)OC(=O)N[C@H]1CCN([C@H]2CCc3ccccc32)C1. The Hall–Kier alpha value is -1.55. The molecule has 1 aliphatic heterocycles. The number of carbonyl (C=O) groups excluding carboxylic acids is 1. The number of hydrogen-bond acceptors (Lipinski definition) is 3. The van der Waals surface area contributed by atoms with Crippen LogP contribution in [0.4, 0.5) is 4.79 Å². The summed E-state index contributed by atoms with van der Waals surface area (Å²) >= 11 is 0. The zero-order chi connectivity index (χ0) is 15.7. The van der Waals surface area contributed by atoms with E-state index in [9.17, 15) is 4.79 Å². The monoisotopic (exact) mass is 302 g/mol. The highest BCUT2D eigenvalue weighted by Crippen LogP contribution is 2.37. The fourth-order valence-corrected chi connectivity index (χ4v) is 3.58. The molecular weight excluding hydrogens is 276 g/mol. The lowest BCUT2D eigenvalue weighted by molar-refractivity contribution is 0.0504. The number of benzene rings is 1. The van der Waals surface area contributed by atoms with E-state index in [-0.39, 0.29) is 12.1 Å². The molecule has 0 aromatic heterocycles. The van der Waals surface area contributed by atoms with Crippen molar-refractivity contribution < 1.29 is 9.53 Å². The van der Waals surface area contributed by atoms with E-state index in [4.69, 9.17) is 4.74 Å². The van der Waals surface area contributed by atoms with Crippen molar-refractivity contribution in [2.75, 3.05) is 13.1 Å². The maximum absolute atomic E-state index is 11.9. The van der Waals surface area contributed by atoms with Crippen molar-refractivity contribution in [2.24, 2.45) is 0 Å². The summed E-state index contributed by atoms with van der Waals surface area (Å²) < 4.78 is 5.35. The zero-order valence-corrected chi connectivity index (χ0v) is 13.8. The average Bonchev–Trinajstić information content (AvgIpc) is 3.02. The van der Waals surface area contributed by atoms with Gasteiger partial charge in [-0.05, 0) is 51.2 Å². The highest BCUT2D eigenvalue weighted by molar-refractivity contribution is 5.68. The minimum Gasteiger partial charge on any atom is -0.444 e. The van der Waals surface area contributed by atoms with Crippen molar-refractivity contribution in [1.29, 1.82) is 0 Å². The van der Waals surface area contributed by atoms with E-state index in [1.165, 1.54) is 24.0 Å². The van der Waals surface area contributed by atoms with E-state index in [0.29, 0.717) is 6.04 Å². The van der Waals surface area contributed by atoms with E-state index in [2.05, 4.69) is 34.5 Å². The maximum Gasteiger partial charge on any atom is 0.407 e. The number of nitrogens with one attached hydrogen (secondary N) is 1. The van der Waals surface area contributed by atoms with Gasteiger partial charge in [-0.25, -0.2) is 4.79 Å². The van der Waals surface area contributed by atoms with Crippen molar-refractivity contribution in [2.45, 2.75) is 57.7 Å². The molecule has 0 saturated carbocycles. The van der Waals surface area contributed by atoms with E-state index < -0.39 is 5.60 Å². The van der Waals surface area contributed by atoms with Gasteiger partial charge in [-0.3, -0.25) is 4.90 Å². The van der Waals surface area contributed by atoms with Crippen molar-refractivity contribution in [1.82, 2.24) is 10.2 Å². The second-order valence-corrected chi connectivity index (χ2v) is 7.38. The molecule has 1 N–H and O–H groups in total. The molecule has 1 aromatic rings. The molecule has 1 aromatic carbocycles. The van der Waals surface area contributed by atoms with Gasteiger partial charge in [0, 0.05) is 25.2 Å². The summed E-state index contributed by atoms with van der Waals surface area (Å²) in [5, 5.41) is 3.01.